The zero-order valence-corrected chi connectivity index (χ0v) is 14.3. The van der Waals surface area contributed by atoms with Gasteiger partial charge >= 0.3 is 5.97 Å². The van der Waals surface area contributed by atoms with Gasteiger partial charge < -0.3 is 14.9 Å². The van der Waals surface area contributed by atoms with Crippen molar-refractivity contribution in [2.45, 2.75) is 45.3 Å². The van der Waals surface area contributed by atoms with Gasteiger partial charge in [0, 0.05) is 7.05 Å². The van der Waals surface area contributed by atoms with E-state index in [9.17, 15) is 15.0 Å². The van der Waals surface area contributed by atoms with Crippen LogP contribution in [0.3, 0.4) is 0 Å². The summed E-state index contributed by atoms with van der Waals surface area (Å²) in [4.78, 5) is 20.0. The minimum Gasteiger partial charge on any atom is -0.487 e. The van der Waals surface area contributed by atoms with Crippen molar-refractivity contribution in [2.24, 2.45) is 13.0 Å². The maximum absolute atomic E-state index is 11.2. The number of carboxylic acid groups (broad SMARTS) is 1. The third kappa shape index (κ3) is 3.63. The largest absolute Gasteiger partial charge is 0.487 e. The lowest BCUT2D eigenvalue weighted by molar-refractivity contribution is -0.143. The third-order valence-corrected chi connectivity index (χ3v) is 4.66. The molecule has 2 aromatic rings. The Morgan fingerprint density at radius 1 is 1.40 bits per heavy atom. The van der Waals surface area contributed by atoms with Gasteiger partial charge in [0.05, 0.1) is 48.0 Å². The molecule has 0 saturated heterocycles. The quantitative estimate of drug-likeness (QED) is 0.847. The molecule has 1 aliphatic carbocycles. The van der Waals surface area contributed by atoms with Gasteiger partial charge in [-0.2, -0.15) is 5.10 Å². The molecule has 2 aromatic heterocycles. The zero-order valence-electron chi connectivity index (χ0n) is 14.3. The highest BCUT2D eigenvalue weighted by molar-refractivity contribution is 5.70. The fourth-order valence-electron chi connectivity index (χ4n) is 3.19. The summed E-state index contributed by atoms with van der Waals surface area (Å²) < 4.78 is 7.55. The van der Waals surface area contributed by atoms with Crippen LogP contribution in [-0.4, -0.2) is 42.0 Å². The molecule has 1 aliphatic rings. The van der Waals surface area contributed by atoms with Crippen molar-refractivity contribution < 1.29 is 19.7 Å². The average molecular weight is 346 g/mol. The number of carboxylic acids is 1. The maximum Gasteiger partial charge on any atom is 0.306 e. The van der Waals surface area contributed by atoms with Gasteiger partial charge in [0.15, 0.2) is 11.6 Å². The van der Waals surface area contributed by atoms with Gasteiger partial charge in [0.2, 0.25) is 0 Å². The zero-order chi connectivity index (χ0) is 18.0. The average Bonchev–Trinajstić information content (AvgIpc) is 2.97. The van der Waals surface area contributed by atoms with Crippen LogP contribution in [0.5, 0.6) is 5.75 Å². The highest BCUT2D eigenvalue weighted by Crippen LogP contribution is 2.29. The number of aryl methyl sites for hydroxylation is 2. The van der Waals surface area contributed by atoms with Gasteiger partial charge in [-0.05, 0) is 32.6 Å². The smallest absolute Gasteiger partial charge is 0.306 e. The topological polar surface area (TPSA) is 110 Å². The monoisotopic (exact) mass is 346 g/mol. The van der Waals surface area contributed by atoms with Crippen LogP contribution in [0.15, 0.2) is 12.4 Å². The van der Waals surface area contributed by atoms with Crippen LogP contribution in [0.4, 0.5) is 0 Å². The summed E-state index contributed by atoms with van der Waals surface area (Å²) in [6.07, 6.45) is 5.99. The van der Waals surface area contributed by atoms with E-state index in [1.54, 1.807) is 24.1 Å². The number of nitrogens with zero attached hydrogens (tertiary/aromatic N) is 4. The molecule has 2 unspecified atom stereocenters. The van der Waals surface area contributed by atoms with Crippen molar-refractivity contribution in [3.8, 4) is 17.1 Å². The van der Waals surface area contributed by atoms with E-state index in [-0.39, 0.29) is 18.6 Å². The number of aliphatic hydroxyl groups is 1. The highest BCUT2D eigenvalue weighted by Gasteiger charge is 2.28. The first kappa shape index (κ1) is 17.3. The Kier molecular flexibility index (Phi) is 4.98. The molecule has 8 heteroatoms. The van der Waals surface area contributed by atoms with E-state index in [2.05, 4.69) is 15.1 Å². The van der Waals surface area contributed by atoms with Gasteiger partial charge in [-0.15, -0.1) is 0 Å². The molecule has 0 aromatic carbocycles. The van der Waals surface area contributed by atoms with Crippen molar-refractivity contribution in [3.05, 3.63) is 23.8 Å². The standard InChI is InChI=1S/C17H22N4O4/c1-10-15(25-12-5-3-4-11(6-12)17(23)24)8-18-16(20-10)13-7-19-21(2)14(13)9-22/h7-8,11-12,22H,3-6,9H2,1-2H3,(H,23,24). The summed E-state index contributed by atoms with van der Waals surface area (Å²) in [6.45, 7) is 1.68. The molecule has 0 radical (unpaired) electrons. The Morgan fingerprint density at radius 2 is 2.20 bits per heavy atom. The van der Waals surface area contributed by atoms with Crippen molar-refractivity contribution in [2.75, 3.05) is 0 Å². The van der Waals surface area contributed by atoms with E-state index in [4.69, 9.17) is 4.74 Å². The van der Waals surface area contributed by atoms with Crippen molar-refractivity contribution in [1.29, 1.82) is 0 Å². The fourth-order valence-corrected chi connectivity index (χ4v) is 3.19. The van der Waals surface area contributed by atoms with Gasteiger partial charge in [-0.1, -0.05) is 0 Å². The van der Waals surface area contributed by atoms with Crippen LogP contribution in [0.2, 0.25) is 0 Å². The summed E-state index contributed by atoms with van der Waals surface area (Å²) >= 11 is 0. The van der Waals surface area contributed by atoms with Crippen LogP contribution in [-0.2, 0) is 18.4 Å². The first-order valence-electron chi connectivity index (χ1n) is 8.34. The lowest BCUT2D eigenvalue weighted by Gasteiger charge is -2.27. The normalized spacial score (nSPS) is 20.4. The number of hydrogen-bond donors (Lipinski definition) is 2. The molecule has 1 saturated carbocycles. The van der Waals surface area contributed by atoms with Crippen molar-refractivity contribution >= 4 is 5.97 Å². The Balaban J connectivity index is 1.77. The van der Waals surface area contributed by atoms with Crippen LogP contribution >= 0.6 is 0 Å². The van der Waals surface area contributed by atoms with Gasteiger partial charge in [-0.3, -0.25) is 9.48 Å². The number of aromatic nitrogens is 4. The Hall–Kier alpha value is -2.48. The summed E-state index contributed by atoms with van der Waals surface area (Å²) in [6, 6.07) is 0. The Bertz CT molecular complexity index is 774. The number of carbonyl (C=O) groups is 1. The predicted octanol–water partition coefficient (Wildman–Crippen LogP) is 1.70. The predicted molar refractivity (Wildman–Crippen MR) is 88.9 cm³/mol. The second kappa shape index (κ2) is 7.18. The lowest BCUT2D eigenvalue weighted by atomic mass is 9.87. The summed E-state index contributed by atoms with van der Waals surface area (Å²) in [7, 11) is 1.75. The first-order valence-corrected chi connectivity index (χ1v) is 8.34. The lowest BCUT2D eigenvalue weighted by Crippen LogP contribution is -2.29. The Morgan fingerprint density at radius 3 is 2.88 bits per heavy atom. The summed E-state index contributed by atoms with van der Waals surface area (Å²) in [5.41, 5.74) is 2.00. The van der Waals surface area contributed by atoms with Crippen molar-refractivity contribution in [1.82, 2.24) is 19.7 Å². The molecule has 25 heavy (non-hydrogen) atoms. The van der Waals surface area contributed by atoms with E-state index in [1.165, 1.54) is 0 Å². The van der Waals surface area contributed by atoms with E-state index in [0.29, 0.717) is 41.4 Å². The molecule has 0 spiro atoms. The number of aliphatic hydroxyl groups excluding tert-OH is 1. The van der Waals surface area contributed by atoms with E-state index in [0.717, 1.165) is 12.8 Å². The van der Waals surface area contributed by atoms with Crippen LogP contribution < -0.4 is 4.74 Å². The number of hydrogen-bond acceptors (Lipinski definition) is 6. The molecule has 0 bridgehead atoms. The second-order valence-electron chi connectivity index (χ2n) is 6.37. The molecule has 1 fully saturated rings. The summed E-state index contributed by atoms with van der Waals surface area (Å²) in [5.74, 6) is -0.0604. The van der Waals surface area contributed by atoms with Crippen LogP contribution in [0.25, 0.3) is 11.4 Å². The van der Waals surface area contributed by atoms with Crippen LogP contribution in [0.1, 0.15) is 37.1 Å². The number of aliphatic carboxylic acids is 1. The SMILES string of the molecule is Cc1nc(-c2cnn(C)c2CO)ncc1OC1CCCC(C(=O)O)C1. The Labute approximate surface area is 145 Å². The molecule has 2 heterocycles. The molecular weight excluding hydrogens is 324 g/mol. The molecular formula is C17H22N4O4. The molecule has 8 nitrogen and oxygen atoms in total. The van der Waals surface area contributed by atoms with Gasteiger partial charge in [0.1, 0.15) is 0 Å². The second-order valence-corrected chi connectivity index (χ2v) is 6.37. The minimum absolute atomic E-state index is 0.130. The van der Waals surface area contributed by atoms with Gasteiger partial charge in [0.25, 0.3) is 0 Å². The summed E-state index contributed by atoms with van der Waals surface area (Å²) in [5, 5.41) is 22.8. The van der Waals surface area contributed by atoms with E-state index < -0.39 is 5.97 Å². The van der Waals surface area contributed by atoms with Crippen molar-refractivity contribution in [3.63, 3.8) is 0 Å². The molecule has 2 atom stereocenters. The minimum atomic E-state index is -0.760. The molecule has 0 aliphatic heterocycles. The number of ether oxygens (including phenoxy) is 1. The number of rotatable bonds is 5. The van der Waals surface area contributed by atoms with E-state index in [1.807, 2.05) is 6.92 Å². The van der Waals surface area contributed by atoms with Crippen LogP contribution in [0, 0.1) is 12.8 Å². The molecule has 2 N–H and O–H groups in total. The maximum atomic E-state index is 11.2. The highest BCUT2D eigenvalue weighted by atomic mass is 16.5. The molecule has 0 amide bonds. The third-order valence-electron chi connectivity index (χ3n) is 4.66. The van der Waals surface area contributed by atoms with Gasteiger partial charge in [-0.25, -0.2) is 9.97 Å². The first-order chi connectivity index (χ1) is 12.0. The van der Waals surface area contributed by atoms with E-state index >= 15 is 0 Å². The molecule has 3 rings (SSSR count). The fraction of sp³-hybridized carbons (Fsp3) is 0.529. The molecule has 134 valence electrons.